The molecule has 2 aromatic heterocycles. The predicted molar refractivity (Wildman–Crippen MR) is 118 cm³/mol. The second kappa shape index (κ2) is 9.14. The fourth-order valence-electron chi connectivity index (χ4n) is 2.83. The third-order valence-electron chi connectivity index (χ3n) is 4.33. The van der Waals surface area contributed by atoms with Crippen LogP contribution in [0.25, 0.3) is 11.1 Å². The molecule has 1 N–H and O–H groups in total. The summed E-state index contributed by atoms with van der Waals surface area (Å²) in [5.41, 5.74) is 2.10. The second-order valence-electron chi connectivity index (χ2n) is 6.48. The van der Waals surface area contributed by atoms with E-state index in [2.05, 4.69) is 14.8 Å². The maximum atomic E-state index is 12.9. The minimum atomic E-state index is -3.98. The molecule has 0 amide bonds. The number of hydrogen-bond acceptors (Lipinski definition) is 7. The van der Waals surface area contributed by atoms with Crippen molar-refractivity contribution in [3.63, 3.8) is 0 Å². The molecule has 2 aromatic carbocycles. The summed E-state index contributed by atoms with van der Waals surface area (Å²) in [6.07, 6.45) is 2.36. The lowest BCUT2D eigenvalue weighted by Gasteiger charge is -2.13. The van der Waals surface area contributed by atoms with E-state index >= 15 is 0 Å². The van der Waals surface area contributed by atoms with E-state index in [1.807, 2.05) is 6.07 Å². The van der Waals surface area contributed by atoms with Gasteiger partial charge in [0.05, 0.1) is 22.2 Å². The summed E-state index contributed by atoms with van der Waals surface area (Å²) in [5.74, 6) is 0.435. The second-order valence-corrected chi connectivity index (χ2v) is 9.32. The number of halogens is 3. The van der Waals surface area contributed by atoms with Gasteiger partial charge in [-0.2, -0.15) is 19.1 Å². The Labute approximate surface area is 195 Å². The lowest BCUT2D eigenvalue weighted by molar-refractivity contribution is 0.0566. The summed E-state index contributed by atoms with van der Waals surface area (Å²) < 4.78 is 59.7. The van der Waals surface area contributed by atoms with Crippen LogP contribution in [0, 0.1) is 11.3 Å². The van der Waals surface area contributed by atoms with Crippen molar-refractivity contribution in [3.05, 3.63) is 70.3 Å². The first kappa shape index (κ1) is 22.7. The quantitative estimate of drug-likeness (QED) is 0.352. The number of hydrogen-bond donors (Lipinski definition) is 1. The number of nitrogens with zero attached hydrogens (tertiary/aromatic N) is 4. The number of sulfonamides is 1. The third-order valence-corrected chi connectivity index (χ3v) is 6.50. The summed E-state index contributed by atoms with van der Waals surface area (Å²) >= 11 is 7.29. The van der Waals surface area contributed by atoms with Crippen molar-refractivity contribution in [3.8, 4) is 28.7 Å². The molecule has 33 heavy (non-hydrogen) atoms. The van der Waals surface area contributed by atoms with Crippen LogP contribution in [0.5, 0.6) is 11.5 Å². The first-order valence-electron chi connectivity index (χ1n) is 9.02. The van der Waals surface area contributed by atoms with Crippen molar-refractivity contribution < 1.29 is 21.9 Å². The highest BCUT2D eigenvalue weighted by atomic mass is 35.5. The molecular formula is C20H12ClF2N5O3S2. The van der Waals surface area contributed by atoms with Gasteiger partial charge in [-0.1, -0.05) is 11.6 Å². The molecule has 4 rings (SSSR count). The molecule has 13 heteroatoms. The Hall–Kier alpha value is -3.53. The van der Waals surface area contributed by atoms with Gasteiger partial charge in [0.2, 0.25) is 0 Å². The standard InChI is InChI=1S/C20H12ClF2N5O3S2/c21-14-1-3-18(16(6-14)13-8-26-28(9-13)20(22)23)31-17-4-2-15(5-12(17)7-24)33(29,30)27-19-10-32-11-25-19/h1-6,8-11,20,27H. The molecule has 168 valence electrons. The fourth-order valence-corrected chi connectivity index (χ4v) is 4.59. The van der Waals surface area contributed by atoms with Gasteiger partial charge in [-0.05, 0) is 36.4 Å². The third kappa shape index (κ3) is 4.95. The van der Waals surface area contributed by atoms with Crippen molar-refractivity contribution in [2.24, 2.45) is 0 Å². The van der Waals surface area contributed by atoms with E-state index in [4.69, 9.17) is 16.3 Å². The van der Waals surface area contributed by atoms with Crippen molar-refractivity contribution in [1.82, 2.24) is 14.8 Å². The maximum Gasteiger partial charge on any atom is 0.333 e. The van der Waals surface area contributed by atoms with Gasteiger partial charge in [0, 0.05) is 27.7 Å². The van der Waals surface area contributed by atoms with Gasteiger partial charge >= 0.3 is 6.55 Å². The van der Waals surface area contributed by atoms with E-state index in [1.54, 1.807) is 0 Å². The molecule has 0 saturated carbocycles. The van der Waals surface area contributed by atoms with E-state index in [9.17, 15) is 22.5 Å². The SMILES string of the molecule is N#Cc1cc(S(=O)(=O)Nc2cscn2)ccc1Oc1ccc(Cl)cc1-c1cnn(C(F)F)c1. The van der Waals surface area contributed by atoms with Crippen molar-refractivity contribution in [1.29, 1.82) is 5.26 Å². The molecule has 8 nitrogen and oxygen atoms in total. The molecule has 0 aliphatic rings. The van der Waals surface area contributed by atoms with Crippen molar-refractivity contribution in [2.45, 2.75) is 11.4 Å². The molecule has 0 aliphatic carbocycles. The summed E-state index contributed by atoms with van der Waals surface area (Å²) in [6, 6.07) is 10.2. The lowest BCUT2D eigenvalue weighted by Crippen LogP contribution is -2.13. The van der Waals surface area contributed by atoms with Crippen LogP contribution < -0.4 is 9.46 Å². The number of ether oxygens (including phenoxy) is 1. The molecule has 0 atom stereocenters. The van der Waals surface area contributed by atoms with Gasteiger partial charge in [-0.15, -0.1) is 11.3 Å². The van der Waals surface area contributed by atoms with Crippen LogP contribution >= 0.6 is 22.9 Å². The molecule has 4 aromatic rings. The highest BCUT2D eigenvalue weighted by Gasteiger charge is 2.19. The molecule has 2 heterocycles. The number of anilines is 1. The average molecular weight is 508 g/mol. The van der Waals surface area contributed by atoms with E-state index in [-0.39, 0.29) is 27.8 Å². The molecule has 0 aliphatic heterocycles. The van der Waals surface area contributed by atoms with E-state index in [1.165, 1.54) is 58.8 Å². The minimum Gasteiger partial charge on any atom is -0.455 e. The zero-order valence-corrected chi connectivity index (χ0v) is 18.7. The van der Waals surface area contributed by atoms with E-state index in [0.717, 1.165) is 12.3 Å². The Kier molecular flexibility index (Phi) is 6.28. The highest BCUT2D eigenvalue weighted by molar-refractivity contribution is 7.92. The Morgan fingerprint density at radius 1 is 1.21 bits per heavy atom. The lowest BCUT2D eigenvalue weighted by atomic mass is 10.1. The van der Waals surface area contributed by atoms with Crippen LogP contribution in [0.2, 0.25) is 5.02 Å². The first-order valence-corrected chi connectivity index (χ1v) is 11.8. The molecule has 0 unspecified atom stereocenters. The Bertz CT molecular complexity index is 1450. The van der Waals surface area contributed by atoms with Crippen LogP contribution in [-0.4, -0.2) is 23.2 Å². The number of nitrogens with one attached hydrogen (secondary N) is 1. The summed E-state index contributed by atoms with van der Waals surface area (Å²) in [6.45, 7) is -2.82. The predicted octanol–water partition coefficient (Wildman–Crippen LogP) is 5.52. The normalized spacial score (nSPS) is 11.4. The monoisotopic (exact) mass is 507 g/mol. The van der Waals surface area contributed by atoms with Crippen LogP contribution in [0.15, 0.2) is 64.6 Å². The van der Waals surface area contributed by atoms with Gasteiger partial charge in [0.1, 0.15) is 17.6 Å². The van der Waals surface area contributed by atoms with Crippen LogP contribution in [-0.2, 0) is 10.0 Å². The largest absolute Gasteiger partial charge is 0.455 e. The van der Waals surface area contributed by atoms with Crippen molar-refractivity contribution >= 4 is 38.8 Å². The van der Waals surface area contributed by atoms with Gasteiger partial charge in [0.25, 0.3) is 10.0 Å². The Balaban J connectivity index is 1.68. The van der Waals surface area contributed by atoms with Gasteiger partial charge in [0.15, 0.2) is 5.82 Å². The topological polar surface area (TPSA) is 110 Å². The molecule has 0 fully saturated rings. The summed E-state index contributed by atoms with van der Waals surface area (Å²) in [4.78, 5) is 3.72. The number of aromatic nitrogens is 3. The number of alkyl halides is 2. The molecular weight excluding hydrogens is 496 g/mol. The Morgan fingerprint density at radius 2 is 2.00 bits per heavy atom. The number of rotatable bonds is 7. The van der Waals surface area contributed by atoms with Gasteiger partial charge in [-0.3, -0.25) is 4.72 Å². The van der Waals surface area contributed by atoms with E-state index < -0.39 is 16.6 Å². The molecule has 0 saturated heterocycles. The van der Waals surface area contributed by atoms with Crippen LogP contribution in [0.4, 0.5) is 14.6 Å². The fraction of sp³-hybridized carbons (Fsp3) is 0.0500. The van der Waals surface area contributed by atoms with Crippen molar-refractivity contribution in [2.75, 3.05) is 4.72 Å². The first-order chi connectivity index (χ1) is 15.8. The Morgan fingerprint density at radius 3 is 2.67 bits per heavy atom. The highest BCUT2D eigenvalue weighted by Crippen LogP contribution is 2.37. The van der Waals surface area contributed by atoms with E-state index in [0.29, 0.717) is 20.8 Å². The maximum absolute atomic E-state index is 12.9. The molecule has 0 radical (unpaired) electrons. The summed E-state index contributed by atoms with van der Waals surface area (Å²) in [7, 11) is -3.98. The number of nitriles is 1. The van der Waals surface area contributed by atoms with Crippen LogP contribution in [0.1, 0.15) is 12.1 Å². The number of thiazole rings is 1. The summed E-state index contributed by atoms with van der Waals surface area (Å²) in [5, 5.41) is 15.0. The minimum absolute atomic E-state index is 0.0553. The zero-order chi connectivity index (χ0) is 23.6. The van der Waals surface area contributed by atoms with Crippen LogP contribution in [0.3, 0.4) is 0 Å². The zero-order valence-electron chi connectivity index (χ0n) is 16.3. The molecule has 0 spiro atoms. The van der Waals surface area contributed by atoms with Gasteiger partial charge in [-0.25, -0.2) is 18.1 Å². The molecule has 0 bridgehead atoms. The number of benzene rings is 2. The van der Waals surface area contributed by atoms with Gasteiger partial charge < -0.3 is 4.74 Å². The average Bonchev–Trinajstić information content (AvgIpc) is 3.47. The smallest absolute Gasteiger partial charge is 0.333 e.